The average molecular weight is 226 g/mol. The molecule has 0 saturated carbocycles. The van der Waals surface area contributed by atoms with Gasteiger partial charge < -0.3 is 15.0 Å². The first-order valence-corrected chi connectivity index (χ1v) is 5.70. The molecule has 1 heterocycles. The Morgan fingerprint density at radius 2 is 2.31 bits per heavy atom. The van der Waals surface area contributed by atoms with Crippen molar-refractivity contribution in [3.05, 3.63) is 12.2 Å². The number of rotatable bonds is 6. The quantitative estimate of drug-likeness (QED) is 0.755. The lowest BCUT2D eigenvalue weighted by Crippen LogP contribution is -2.36. The van der Waals surface area contributed by atoms with Crippen molar-refractivity contribution in [2.75, 3.05) is 13.2 Å². The lowest BCUT2D eigenvalue weighted by atomic mass is 9.88. The minimum Gasteiger partial charge on any atom is -0.396 e. The maximum Gasteiger partial charge on any atom is 0.149 e. The van der Waals surface area contributed by atoms with Crippen LogP contribution in [0.4, 0.5) is 0 Å². The first kappa shape index (κ1) is 13.1. The number of aliphatic hydroxyl groups is 1. The first-order chi connectivity index (χ1) is 7.52. The molecule has 0 amide bonds. The van der Waals surface area contributed by atoms with Gasteiger partial charge in [0.15, 0.2) is 0 Å². The number of hydrogen-bond donors (Lipinski definition) is 2. The molecule has 16 heavy (non-hydrogen) atoms. The molecule has 0 aliphatic heterocycles. The van der Waals surface area contributed by atoms with Crippen molar-refractivity contribution in [1.82, 2.24) is 20.1 Å². The number of aromatic nitrogens is 3. The van der Waals surface area contributed by atoms with E-state index in [1.165, 1.54) is 0 Å². The van der Waals surface area contributed by atoms with Crippen LogP contribution in [0.3, 0.4) is 0 Å². The highest BCUT2D eigenvalue weighted by Crippen LogP contribution is 2.20. The Morgan fingerprint density at radius 3 is 2.75 bits per heavy atom. The van der Waals surface area contributed by atoms with Crippen LogP contribution in [0, 0.1) is 5.41 Å². The minimum atomic E-state index is -0.0626. The Morgan fingerprint density at radius 1 is 1.62 bits per heavy atom. The Kier molecular flexibility index (Phi) is 4.44. The molecular formula is C11H22N4O. The van der Waals surface area contributed by atoms with Crippen molar-refractivity contribution in [1.29, 1.82) is 0 Å². The summed E-state index contributed by atoms with van der Waals surface area (Å²) >= 11 is 0. The maximum absolute atomic E-state index is 9.31. The van der Waals surface area contributed by atoms with Crippen molar-refractivity contribution < 1.29 is 5.11 Å². The fourth-order valence-corrected chi connectivity index (χ4v) is 1.47. The molecule has 0 aliphatic rings. The second-order valence-electron chi connectivity index (χ2n) is 4.72. The summed E-state index contributed by atoms with van der Waals surface area (Å²) in [6.45, 7) is 7.18. The molecular weight excluding hydrogens is 204 g/mol. The van der Waals surface area contributed by atoms with E-state index in [0.717, 1.165) is 18.8 Å². The normalized spacial score (nSPS) is 17.1. The molecule has 1 rings (SSSR count). The van der Waals surface area contributed by atoms with Gasteiger partial charge in [-0.05, 0) is 13.3 Å². The summed E-state index contributed by atoms with van der Waals surface area (Å²) in [6, 6.07) is 0.143. The Labute approximate surface area is 96.9 Å². The Hall–Kier alpha value is -0.940. The third-order valence-electron chi connectivity index (χ3n) is 3.20. The van der Waals surface area contributed by atoms with Crippen molar-refractivity contribution >= 4 is 0 Å². The summed E-state index contributed by atoms with van der Waals surface area (Å²) < 4.78 is 1.90. The van der Waals surface area contributed by atoms with Crippen LogP contribution in [0.1, 0.15) is 39.1 Å². The van der Waals surface area contributed by atoms with Crippen LogP contribution in [0.25, 0.3) is 0 Å². The fraction of sp³-hybridized carbons (Fsp3) is 0.818. The number of nitrogens with zero attached hydrogens (tertiary/aromatic N) is 3. The van der Waals surface area contributed by atoms with Crippen molar-refractivity contribution in [3.8, 4) is 0 Å². The van der Waals surface area contributed by atoms with E-state index in [4.69, 9.17) is 0 Å². The van der Waals surface area contributed by atoms with E-state index in [-0.39, 0.29) is 18.1 Å². The van der Waals surface area contributed by atoms with Gasteiger partial charge in [-0.2, -0.15) is 0 Å². The predicted octanol–water partition coefficient (Wildman–Crippen LogP) is 0.874. The summed E-state index contributed by atoms with van der Waals surface area (Å²) in [4.78, 5) is 0. The van der Waals surface area contributed by atoms with E-state index in [1.807, 2.05) is 11.6 Å². The van der Waals surface area contributed by atoms with Gasteiger partial charge in [-0.25, -0.2) is 0 Å². The van der Waals surface area contributed by atoms with E-state index in [1.54, 1.807) is 6.33 Å². The van der Waals surface area contributed by atoms with E-state index in [9.17, 15) is 5.11 Å². The number of aryl methyl sites for hydroxylation is 1. The van der Waals surface area contributed by atoms with Crippen molar-refractivity contribution in [2.24, 2.45) is 12.5 Å². The van der Waals surface area contributed by atoms with Crippen molar-refractivity contribution in [3.63, 3.8) is 0 Å². The summed E-state index contributed by atoms with van der Waals surface area (Å²) in [7, 11) is 1.93. The van der Waals surface area contributed by atoms with Crippen LogP contribution >= 0.6 is 0 Å². The van der Waals surface area contributed by atoms with Gasteiger partial charge in [0.05, 0.1) is 6.04 Å². The lowest BCUT2D eigenvalue weighted by Gasteiger charge is -2.27. The number of nitrogens with one attached hydrogen (secondary N) is 1. The molecule has 1 aromatic rings. The zero-order chi connectivity index (χ0) is 12.2. The van der Waals surface area contributed by atoms with E-state index >= 15 is 0 Å². The van der Waals surface area contributed by atoms with Crippen LogP contribution in [0.15, 0.2) is 6.33 Å². The number of hydrogen-bond acceptors (Lipinski definition) is 4. The Balaban J connectivity index is 2.53. The van der Waals surface area contributed by atoms with E-state index in [0.29, 0.717) is 0 Å². The average Bonchev–Trinajstić information content (AvgIpc) is 2.72. The molecule has 2 unspecified atom stereocenters. The second kappa shape index (κ2) is 5.41. The Bertz CT molecular complexity index is 320. The third kappa shape index (κ3) is 3.02. The maximum atomic E-state index is 9.31. The SMILES string of the molecule is CCC(C)(CO)CNC(C)c1nncn1C. The molecule has 92 valence electrons. The molecule has 2 atom stereocenters. The predicted molar refractivity (Wildman–Crippen MR) is 62.9 cm³/mol. The highest BCUT2D eigenvalue weighted by molar-refractivity contribution is 4.92. The molecule has 0 radical (unpaired) electrons. The standard InChI is InChI=1S/C11H22N4O/c1-5-11(3,7-16)6-12-9(2)10-14-13-8-15(10)4/h8-9,12,16H,5-7H2,1-4H3. The van der Waals surface area contributed by atoms with Gasteiger partial charge in [-0.3, -0.25) is 0 Å². The van der Waals surface area contributed by atoms with E-state index in [2.05, 4.69) is 36.3 Å². The zero-order valence-electron chi connectivity index (χ0n) is 10.6. The highest BCUT2D eigenvalue weighted by atomic mass is 16.3. The smallest absolute Gasteiger partial charge is 0.149 e. The first-order valence-electron chi connectivity index (χ1n) is 5.70. The van der Waals surface area contributed by atoms with Crippen LogP contribution in [0.2, 0.25) is 0 Å². The zero-order valence-corrected chi connectivity index (χ0v) is 10.6. The van der Waals surface area contributed by atoms with E-state index < -0.39 is 0 Å². The monoisotopic (exact) mass is 226 g/mol. The third-order valence-corrected chi connectivity index (χ3v) is 3.20. The van der Waals surface area contributed by atoms with Gasteiger partial charge in [0.25, 0.3) is 0 Å². The number of aliphatic hydroxyl groups excluding tert-OH is 1. The van der Waals surface area contributed by atoms with Crippen LogP contribution in [-0.4, -0.2) is 33.0 Å². The fourth-order valence-electron chi connectivity index (χ4n) is 1.47. The summed E-state index contributed by atoms with van der Waals surface area (Å²) in [5.74, 6) is 0.913. The van der Waals surface area contributed by atoms with Gasteiger partial charge in [0.2, 0.25) is 0 Å². The van der Waals surface area contributed by atoms with Gasteiger partial charge in [-0.15, -0.1) is 10.2 Å². The largest absolute Gasteiger partial charge is 0.396 e. The molecule has 0 spiro atoms. The molecule has 0 fully saturated rings. The molecule has 1 aromatic heterocycles. The molecule has 0 aromatic carbocycles. The van der Waals surface area contributed by atoms with Crippen LogP contribution in [0.5, 0.6) is 0 Å². The molecule has 5 heteroatoms. The molecule has 0 bridgehead atoms. The summed E-state index contributed by atoms with van der Waals surface area (Å²) in [6.07, 6.45) is 2.64. The van der Waals surface area contributed by atoms with Crippen LogP contribution < -0.4 is 5.32 Å². The second-order valence-corrected chi connectivity index (χ2v) is 4.72. The summed E-state index contributed by atoms with van der Waals surface area (Å²) in [5.41, 5.74) is -0.0626. The molecule has 5 nitrogen and oxygen atoms in total. The molecule has 0 aliphatic carbocycles. The molecule has 2 N–H and O–H groups in total. The topological polar surface area (TPSA) is 63.0 Å². The lowest BCUT2D eigenvalue weighted by molar-refractivity contribution is 0.132. The van der Waals surface area contributed by atoms with Crippen LogP contribution in [-0.2, 0) is 7.05 Å². The van der Waals surface area contributed by atoms with Gasteiger partial charge >= 0.3 is 0 Å². The van der Waals surface area contributed by atoms with Crippen molar-refractivity contribution in [2.45, 2.75) is 33.2 Å². The van der Waals surface area contributed by atoms with Gasteiger partial charge in [0, 0.05) is 25.6 Å². The highest BCUT2D eigenvalue weighted by Gasteiger charge is 2.22. The van der Waals surface area contributed by atoms with Gasteiger partial charge in [-0.1, -0.05) is 13.8 Å². The molecule has 0 saturated heterocycles. The minimum absolute atomic E-state index is 0.0626. The van der Waals surface area contributed by atoms with Gasteiger partial charge in [0.1, 0.15) is 12.2 Å². The summed E-state index contributed by atoms with van der Waals surface area (Å²) in [5, 5.41) is 20.6.